The zero-order valence-corrected chi connectivity index (χ0v) is 14.3. The minimum absolute atomic E-state index is 0.0708. The molecule has 7 heteroatoms. The van der Waals surface area contributed by atoms with Crippen molar-refractivity contribution in [3.8, 4) is 6.07 Å². The highest BCUT2D eigenvalue weighted by molar-refractivity contribution is 5.78. The van der Waals surface area contributed by atoms with E-state index in [1.807, 2.05) is 6.07 Å². The standard InChI is InChI=1S/C20H17F3N2O2/c21-20(22,23)16-6-3-14(4-7-16)15-5-10-18(19(26)27)25(12-15)17-8-1-13(11-24)2-9-17/h1-4,6-9,15,18H,5,10,12H2,(H,26,27)/t15?,18-/m0/s1. The molecule has 0 bridgehead atoms. The molecule has 0 spiro atoms. The lowest BCUT2D eigenvalue weighted by Gasteiger charge is -2.39. The van der Waals surface area contributed by atoms with Gasteiger partial charge in [0.25, 0.3) is 0 Å². The number of alkyl halides is 3. The van der Waals surface area contributed by atoms with Crippen LogP contribution in [0.5, 0.6) is 0 Å². The maximum atomic E-state index is 12.8. The maximum absolute atomic E-state index is 12.8. The Labute approximate surface area is 154 Å². The number of carbonyl (C=O) groups is 1. The van der Waals surface area contributed by atoms with E-state index in [2.05, 4.69) is 0 Å². The van der Waals surface area contributed by atoms with E-state index in [0.29, 0.717) is 30.6 Å². The minimum Gasteiger partial charge on any atom is -0.480 e. The van der Waals surface area contributed by atoms with Crippen molar-refractivity contribution in [1.82, 2.24) is 0 Å². The van der Waals surface area contributed by atoms with Gasteiger partial charge in [-0.05, 0) is 54.8 Å². The van der Waals surface area contributed by atoms with Crippen LogP contribution in [0.3, 0.4) is 0 Å². The normalized spacial score (nSPS) is 20.1. The molecule has 1 fully saturated rings. The van der Waals surface area contributed by atoms with Crippen LogP contribution in [0.4, 0.5) is 18.9 Å². The number of rotatable bonds is 3. The summed E-state index contributed by atoms with van der Waals surface area (Å²) in [5, 5.41) is 18.4. The summed E-state index contributed by atoms with van der Waals surface area (Å²) in [6.07, 6.45) is -3.41. The van der Waals surface area contributed by atoms with E-state index in [1.54, 1.807) is 29.2 Å². The number of carboxylic acids is 1. The third-order valence-corrected chi connectivity index (χ3v) is 4.90. The average molecular weight is 374 g/mol. The van der Waals surface area contributed by atoms with Crippen molar-refractivity contribution in [2.75, 3.05) is 11.4 Å². The molecule has 0 amide bonds. The molecular weight excluding hydrogens is 357 g/mol. The number of piperidine rings is 1. The van der Waals surface area contributed by atoms with Crippen molar-refractivity contribution < 1.29 is 23.1 Å². The summed E-state index contributed by atoms with van der Waals surface area (Å²) in [6.45, 7) is 0.383. The molecule has 1 heterocycles. The topological polar surface area (TPSA) is 64.3 Å². The fourth-order valence-corrected chi connectivity index (χ4v) is 3.46. The minimum atomic E-state index is -4.38. The average Bonchev–Trinajstić information content (AvgIpc) is 2.67. The molecule has 2 aromatic rings. The first kappa shape index (κ1) is 18.8. The van der Waals surface area contributed by atoms with E-state index in [1.165, 1.54) is 12.1 Å². The number of hydrogen-bond donors (Lipinski definition) is 1. The van der Waals surface area contributed by atoms with Gasteiger partial charge in [0.05, 0.1) is 17.2 Å². The van der Waals surface area contributed by atoms with E-state index >= 15 is 0 Å². The number of benzene rings is 2. The van der Waals surface area contributed by atoms with E-state index < -0.39 is 23.8 Å². The maximum Gasteiger partial charge on any atom is 0.416 e. The summed E-state index contributed by atoms with van der Waals surface area (Å²) < 4.78 is 38.3. The number of carboxylic acid groups (broad SMARTS) is 1. The molecular formula is C20H17F3N2O2. The first-order chi connectivity index (χ1) is 12.8. The molecule has 2 atom stereocenters. The van der Waals surface area contributed by atoms with E-state index in [0.717, 1.165) is 17.7 Å². The number of anilines is 1. The third kappa shape index (κ3) is 4.05. The summed E-state index contributed by atoms with van der Waals surface area (Å²) in [5.41, 5.74) is 1.21. The molecule has 1 aliphatic heterocycles. The molecule has 1 saturated heterocycles. The largest absolute Gasteiger partial charge is 0.480 e. The van der Waals surface area contributed by atoms with Gasteiger partial charge in [-0.25, -0.2) is 4.79 Å². The number of nitriles is 1. The lowest BCUT2D eigenvalue weighted by Crippen LogP contribution is -2.47. The monoisotopic (exact) mass is 374 g/mol. The quantitative estimate of drug-likeness (QED) is 0.864. The molecule has 1 aliphatic rings. The molecule has 0 aromatic heterocycles. The predicted octanol–water partition coefficient (Wildman–Crippen LogP) is 4.41. The molecule has 140 valence electrons. The van der Waals surface area contributed by atoms with Crippen LogP contribution in [0.15, 0.2) is 48.5 Å². The second-order valence-electron chi connectivity index (χ2n) is 6.56. The molecule has 27 heavy (non-hydrogen) atoms. The van der Waals surface area contributed by atoms with Gasteiger partial charge in [-0.15, -0.1) is 0 Å². The van der Waals surface area contributed by atoms with Gasteiger partial charge in [-0.3, -0.25) is 0 Å². The molecule has 4 nitrogen and oxygen atoms in total. The van der Waals surface area contributed by atoms with Crippen molar-refractivity contribution in [2.24, 2.45) is 0 Å². The first-order valence-corrected chi connectivity index (χ1v) is 8.46. The van der Waals surface area contributed by atoms with E-state index in [9.17, 15) is 23.1 Å². The summed E-state index contributed by atoms with van der Waals surface area (Å²) >= 11 is 0. The van der Waals surface area contributed by atoms with Gasteiger partial charge in [-0.2, -0.15) is 18.4 Å². The van der Waals surface area contributed by atoms with Crippen LogP contribution in [-0.2, 0) is 11.0 Å². The summed E-state index contributed by atoms with van der Waals surface area (Å²) in [7, 11) is 0. The number of nitrogens with zero attached hydrogens (tertiary/aromatic N) is 2. The number of hydrogen-bond acceptors (Lipinski definition) is 3. The van der Waals surface area contributed by atoms with Crippen LogP contribution in [-0.4, -0.2) is 23.7 Å². The lowest BCUT2D eigenvalue weighted by molar-refractivity contribution is -0.139. The molecule has 1 unspecified atom stereocenters. The van der Waals surface area contributed by atoms with Gasteiger partial charge >= 0.3 is 12.1 Å². The summed E-state index contributed by atoms with van der Waals surface area (Å²) in [5.74, 6) is -1.01. The van der Waals surface area contributed by atoms with Gasteiger partial charge in [0.15, 0.2) is 0 Å². The fraction of sp³-hybridized carbons (Fsp3) is 0.300. The highest BCUT2D eigenvalue weighted by atomic mass is 19.4. The van der Waals surface area contributed by atoms with Gasteiger partial charge in [0.1, 0.15) is 6.04 Å². The Balaban J connectivity index is 1.85. The van der Waals surface area contributed by atoms with Crippen LogP contribution in [0.25, 0.3) is 0 Å². The van der Waals surface area contributed by atoms with E-state index in [-0.39, 0.29) is 5.92 Å². The number of halogens is 3. The molecule has 3 rings (SSSR count). The SMILES string of the molecule is N#Cc1ccc(N2CC(c3ccc(C(F)(F)F)cc3)CC[C@H]2C(=O)O)cc1. The molecule has 0 saturated carbocycles. The fourth-order valence-electron chi connectivity index (χ4n) is 3.46. The van der Waals surface area contributed by atoms with Gasteiger partial charge in [0.2, 0.25) is 0 Å². The Bertz CT molecular complexity index is 855. The zero-order chi connectivity index (χ0) is 19.6. The Morgan fingerprint density at radius 1 is 1.07 bits per heavy atom. The van der Waals surface area contributed by atoms with Crippen molar-refractivity contribution >= 4 is 11.7 Å². The van der Waals surface area contributed by atoms with Crippen LogP contribution in [0.2, 0.25) is 0 Å². The highest BCUT2D eigenvalue weighted by Crippen LogP contribution is 2.35. The Kier molecular flexibility index (Phi) is 5.08. The molecule has 0 radical (unpaired) electrons. The number of aliphatic carboxylic acids is 1. The Morgan fingerprint density at radius 3 is 2.22 bits per heavy atom. The second-order valence-corrected chi connectivity index (χ2v) is 6.56. The van der Waals surface area contributed by atoms with Gasteiger partial charge < -0.3 is 10.0 Å². The Morgan fingerprint density at radius 2 is 1.70 bits per heavy atom. The van der Waals surface area contributed by atoms with Crippen molar-refractivity contribution in [1.29, 1.82) is 5.26 Å². The van der Waals surface area contributed by atoms with Gasteiger partial charge in [-0.1, -0.05) is 12.1 Å². The van der Waals surface area contributed by atoms with Crippen LogP contribution >= 0.6 is 0 Å². The molecule has 2 aromatic carbocycles. The summed E-state index contributed by atoms with van der Waals surface area (Å²) in [4.78, 5) is 13.4. The molecule has 1 N–H and O–H groups in total. The van der Waals surface area contributed by atoms with Crippen molar-refractivity contribution in [3.05, 3.63) is 65.2 Å². The van der Waals surface area contributed by atoms with Gasteiger partial charge in [0, 0.05) is 18.2 Å². The van der Waals surface area contributed by atoms with E-state index in [4.69, 9.17) is 5.26 Å². The second kappa shape index (κ2) is 7.31. The highest BCUT2D eigenvalue weighted by Gasteiger charge is 2.34. The third-order valence-electron chi connectivity index (χ3n) is 4.90. The predicted molar refractivity (Wildman–Crippen MR) is 93.3 cm³/mol. The Hall–Kier alpha value is -3.01. The lowest BCUT2D eigenvalue weighted by atomic mass is 9.86. The molecule has 0 aliphatic carbocycles. The van der Waals surface area contributed by atoms with Crippen molar-refractivity contribution in [2.45, 2.75) is 31.0 Å². The van der Waals surface area contributed by atoms with Crippen molar-refractivity contribution in [3.63, 3.8) is 0 Å². The van der Waals surface area contributed by atoms with Crippen LogP contribution < -0.4 is 4.90 Å². The van der Waals surface area contributed by atoms with Crippen LogP contribution in [0.1, 0.15) is 35.4 Å². The van der Waals surface area contributed by atoms with Crippen LogP contribution in [0, 0.1) is 11.3 Å². The smallest absolute Gasteiger partial charge is 0.416 e. The zero-order valence-electron chi connectivity index (χ0n) is 14.3. The first-order valence-electron chi connectivity index (χ1n) is 8.46. The summed E-state index contributed by atoms with van der Waals surface area (Å²) in [6, 6.07) is 13.0.